The Hall–Kier alpha value is -0.0800. The van der Waals surface area contributed by atoms with Crippen LogP contribution in [0.3, 0.4) is 0 Å². The molecule has 0 aromatic carbocycles. The summed E-state index contributed by atoms with van der Waals surface area (Å²) < 4.78 is 0. The standard InChI is InChI=1S/C17H36N2/c1-15(2)9-6-7-11-18(5)14-17-10-8-12-19(17)13-16(3)4/h15-17H,6-14H2,1-5H3/t17-/m1/s1. The van der Waals surface area contributed by atoms with Crippen LogP contribution in [0.25, 0.3) is 0 Å². The molecule has 2 nitrogen and oxygen atoms in total. The van der Waals surface area contributed by atoms with E-state index in [2.05, 4.69) is 44.5 Å². The molecule has 0 radical (unpaired) electrons. The van der Waals surface area contributed by atoms with Gasteiger partial charge in [0.1, 0.15) is 0 Å². The predicted molar refractivity (Wildman–Crippen MR) is 85.6 cm³/mol. The average molecular weight is 268 g/mol. The molecule has 114 valence electrons. The lowest BCUT2D eigenvalue weighted by Crippen LogP contribution is -2.40. The number of rotatable bonds is 9. The minimum Gasteiger partial charge on any atom is -0.305 e. The SMILES string of the molecule is CC(C)CCCCN(C)C[C@H]1CCCN1CC(C)C. The van der Waals surface area contributed by atoms with Gasteiger partial charge in [0.05, 0.1) is 0 Å². The summed E-state index contributed by atoms with van der Waals surface area (Å²) in [5, 5.41) is 0. The Kier molecular flexibility index (Phi) is 8.01. The second-order valence-corrected chi connectivity index (χ2v) is 7.34. The van der Waals surface area contributed by atoms with Crippen molar-refractivity contribution in [3.63, 3.8) is 0 Å². The quantitative estimate of drug-likeness (QED) is 0.586. The van der Waals surface area contributed by atoms with Gasteiger partial charge in [-0.05, 0) is 51.2 Å². The smallest absolute Gasteiger partial charge is 0.0223 e. The van der Waals surface area contributed by atoms with Gasteiger partial charge in [-0.1, -0.05) is 40.5 Å². The maximum Gasteiger partial charge on any atom is 0.0223 e. The highest BCUT2D eigenvalue weighted by Crippen LogP contribution is 2.19. The number of likely N-dealkylation sites (tertiary alicyclic amines) is 1. The Bertz CT molecular complexity index is 225. The van der Waals surface area contributed by atoms with E-state index < -0.39 is 0 Å². The highest BCUT2D eigenvalue weighted by Gasteiger charge is 2.25. The fourth-order valence-corrected chi connectivity index (χ4v) is 3.20. The Labute approximate surface area is 121 Å². The van der Waals surface area contributed by atoms with Crippen LogP contribution in [0.15, 0.2) is 0 Å². The van der Waals surface area contributed by atoms with Crippen molar-refractivity contribution in [1.82, 2.24) is 9.80 Å². The fourth-order valence-electron chi connectivity index (χ4n) is 3.20. The normalized spacial score (nSPS) is 21.2. The van der Waals surface area contributed by atoms with Crippen LogP contribution >= 0.6 is 0 Å². The molecule has 1 fully saturated rings. The molecule has 1 aliphatic heterocycles. The van der Waals surface area contributed by atoms with E-state index in [9.17, 15) is 0 Å². The molecule has 1 aliphatic rings. The largest absolute Gasteiger partial charge is 0.305 e. The number of unbranched alkanes of at least 4 members (excludes halogenated alkanes) is 1. The summed E-state index contributed by atoms with van der Waals surface area (Å²) in [7, 11) is 2.31. The molecule has 0 unspecified atom stereocenters. The van der Waals surface area contributed by atoms with E-state index in [0.29, 0.717) is 0 Å². The zero-order chi connectivity index (χ0) is 14.3. The molecule has 1 rings (SSSR count). The lowest BCUT2D eigenvalue weighted by Gasteiger charge is -2.29. The minimum absolute atomic E-state index is 0.803. The topological polar surface area (TPSA) is 6.48 Å². The predicted octanol–water partition coefficient (Wildman–Crippen LogP) is 3.86. The van der Waals surface area contributed by atoms with Gasteiger partial charge in [0, 0.05) is 19.1 Å². The van der Waals surface area contributed by atoms with Crippen molar-refractivity contribution in [1.29, 1.82) is 0 Å². The van der Waals surface area contributed by atoms with Crippen molar-refractivity contribution in [3.8, 4) is 0 Å². The third-order valence-electron chi connectivity index (χ3n) is 4.19. The summed E-state index contributed by atoms with van der Waals surface area (Å²) in [5.41, 5.74) is 0. The zero-order valence-corrected chi connectivity index (χ0v) is 14.0. The van der Waals surface area contributed by atoms with Gasteiger partial charge in [-0.3, -0.25) is 4.90 Å². The van der Waals surface area contributed by atoms with Gasteiger partial charge < -0.3 is 4.90 Å². The van der Waals surface area contributed by atoms with E-state index in [1.807, 2.05) is 0 Å². The van der Waals surface area contributed by atoms with E-state index >= 15 is 0 Å². The van der Waals surface area contributed by atoms with Gasteiger partial charge in [-0.15, -0.1) is 0 Å². The van der Waals surface area contributed by atoms with Gasteiger partial charge in [0.25, 0.3) is 0 Å². The maximum atomic E-state index is 2.72. The van der Waals surface area contributed by atoms with E-state index in [0.717, 1.165) is 17.9 Å². The summed E-state index contributed by atoms with van der Waals surface area (Å²) in [6.07, 6.45) is 6.95. The highest BCUT2D eigenvalue weighted by molar-refractivity contribution is 4.81. The van der Waals surface area contributed by atoms with Crippen molar-refractivity contribution in [3.05, 3.63) is 0 Å². The fraction of sp³-hybridized carbons (Fsp3) is 1.00. The third kappa shape index (κ3) is 7.31. The van der Waals surface area contributed by atoms with Crippen LogP contribution in [0, 0.1) is 11.8 Å². The molecular formula is C17H36N2. The Morgan fingerprint density at radius 1 is 1.11 bits per heavy atom. The molecule has 19 heavy (non-hydrogen) atoms. The zero-order valence-electron chi connectivity index (χ0n) is 14.0. The van der Waals surface area contributed by atoms with Crippen LogP contribution in [0.2, 0.25) is 0 Å². The first-order valence-electron chi connectivity index (χ1n) is 8.41. The first kappa shape index (κ1) is 17.0. The van der Waals surface area contributed by atoms with E-state index in [-0.39, 0.29) is 0 Å². The van der Waals surface area contributed by atoms with Crippen LogP contribution in [-0.2, 0) is 0 Å². The molecule has 0 aliphatic carbocycles. The Morgan fingerprint density at radius 3 is 2.47 bits per heavy atom. The van der Waals surface area contributed by atoms with Crippen LogP contribution in [-0.4, -0.2) is 49.1 Å². The van der Waals surface area contributed by atoms with Gasteiger partial charge in [-0.25, -0.2) is 0 Å². The van der Waals surface area contributed by atoms with Gasteiger partial charge in [0.2, 0.25) is 0 Å². The van der Waals surface area contributed by atoms with Crippen molar-refractivity contribution < 1.29 is 0 Å². The first-order chi connectivity index (χ1) is 8.99. The summed E-state index contributed by atoms with van der Waals surface area (Å²) in [5.74, 6) is 1.67. The second kappa shape index (κ2) is 8.97. The van der Waals surface area contributed by atoms with Crippen molar-refractivity contribution in [2.45, 2.75) is 65.8 Å². The second-order valence-electron chi connectivity index (χ2n) is 7.34. The summed E-state index contributed by atoms with van der Waals surface area (Å²) in [6, 6.07) is 0.817. The average Bonchev–Trinajstić information content (AvgIpc) is 2.71. The molecule has 0 bridgehead atoms. The summed E-state index contributed by atoms with van der Waals surface area (Å²) >= 11 is 0. The Morgan fingerprint density at radius 2 is 1.84 bits per heavy atom. The van der Waals surface area contributed by atoms with Crippen molar-refractivity contribution in [2.75, 3.05) is 33.2 Å². The first-order valence-corrected chi connectivity index (χ1v) is 8.41. The van der Waals surface area contributed by atoms with Crippen LogP contribution in [0.1, 0.15) is 59.8 Å². The van der Waals surface area contributed by atoms with Crippen LogP contribution in [0.5, 0.6) is 0 Å². The molecular weight excluding hydrogens is 232 g/mol. The molecule has 0 N–H and O–H groups in total. The molecule has 1 heterocycles. The molecule has 1 atom stereocenters. The lowest BCUT2D eigenvalue weighted by atomic mass is 10.1. The van der Waals surface area contributed by atoms with Crippen LogP contribution < -0.4 is 0 Å². The van der Waals surface area contributed by atoms with E-state index in [4.69, 9.17) is 0 Å². The van der Waals surface area contributed by atoms with Crippen molar-refractivity contribution >= 4 is 0 Å². The molecule has 0 spiro atoms. The molecule has 0 saturated carbocycles. The monoisotopic (exact) mass is 268 g/mol. The molecule has 2 heteroatoms. The highest BCUT2D eigenvalue weighted by atomic mass is 15.2. The number of hydrogen-bond donors (Lipinski definition) is 0. The lowest BCUT2D eigenvalue weighted by molar-refractivity contribution is 0.175. The van der Waals surface area contributed by atoms with Gasteiger partial charge in [-0.2, -0.15) is 0 Å². The van der Waals surface area contributed by atoms with E-state index in [1.54, 1.807) is 0 Å². The number of hydrogen-bond acceptors (Lipinski definition) is 2. The number of likely N-dealkylation sites (N-methyl/N-ethyl adjacent to an activating group) is 1. The van der Waals surface area contributed by atoms with Crippen molar-refractivity contribution in [2.24, 2.45) is 11.8 Å². The van der Waals surface area contributed by atoms with Gasteiger partial charge >= 0.3 is 0 Å². The molecule has 0 aromatic rings. The molecule has 0 aromatic heterocycles. The Balaban J connectivity index is 2.17. The van der Waals surface area contributed by atoms with Gasteiger partial charge in [0.15, 0.2) is 0 Å². The maximum absolute atomic E-state index is 2.72. The minimum atomic E-state index is 0.803. The van der Waals surface area contributed by atoms with E-state index in [1.165, 1.54) is 58.3 Å². The molecule has 0 amide bonds. The van der Waals surface area contributed by atoms with Crippen LogP contribution in [0.4, 0.5) is 0 Å². The number of nitrogens with zero attached hydrogens (tertiary/aromatic N) is 2. The molecule has 1 saturated heterocycles. The third-order valence-corrected chi connectivity index (χ3v) is 4.19. The summed E-state index contributed by atoms with van der Waals surface area (Å²) in [6.45, 7) is 14.5. The summed E-state index contributed by atoms with van der Waals surface area (Å²) in [4.78, 5) is 5.28.